The van der Waals surface area contributed by atoms with Gasteiger partial charge in [-0.3, -0.25) is 0 Å². The Morgan fingerprint density at radius 3 is 3.16 bits per heavy atom. The number of rotatable bonds is 6. The number of thioether (sulfide) groups is 1. The van der Waals surface area contributed by atoms with Gasteiger partial charge in [-0.15, -0.1) is 0 Å². The zero-order chi connectivity index (χ0) is 12.9. The first-order chi connectivity index (χ1) is 9.42. The van der Waals surface area contributed by atoms with E-state index in [0.29, 0.717) is 6.10 Å². The second-order valence-electron chi connectivity index (χ2n) is 4.64. The molecular formula is C14H18N2O2S. The molecular weight excluding hydrogens is 260 g/mol. The zero-order valence-electron chi connectivity index (χ0n) is 10.8. The van der Waals surface area contributed by atoms with E-state index in [4.69, 9.17) is 9.15 Å². The lowest BCUT2D eigenvalue weighted by atomic mass is 10.2. The standard InChI is InChI=1S/C14H18N2O2S/c1-2-6-13-12(5-1)16-14(18-13)19-9-7-15-10-11-4-3-8-17-11/h1-2,5-6,11,15H,3-4,7-10H2. The van der Waals surface area contributed by atoms with Crippen molar-refractivity contribution in [2.75, 3.05) is 25.4 Å². The first-order valence-electron chi connectivity index (χ1n) is 6.72. The molecule has 0 aliphatic carbocycles. The summed E-state index contributed by atoms with van der Waals surface area (Å²) in [6.45, 7) is 2.82. The van der Waals surface area contributed by atoms with Crippen molar-refractivity contribution in [3.63, 3.8) is 0 Å². The van der Waals surface area contributed by atoms with Gasteiger partial charge in [0, 0.05) is 25.4 Å². The van der Waals surface area contributed by atoms with Crippen LogP contribution in [0.5, 0.6) is 0 Å². The highest BCUT2D eigenvalue weighted by atomic mass is 32.2. The predicted molar refractivity (Wildman–Crippen MR) is 76.6 cm³/mol. The van der Waals surface area contributed by atoms with Gasteiger partial charge in [0.1, 0.15) is 5.52 Å². The number of hydrogen-bond donors (Lipinski definition) is 1. The van der Waals surface area contributed by atoms with Crippen molar-refractivity contribution >= 4 is 22.9 Å². The first-order valence-corrected chi connectivity index (χ1v) is 7.71. The number of nitrogens with zero attached hydrogens (tertiary/aromatic N) is 1. The monoisotopic (exact) mass is 278 g/mol. The van der Waals surface area contributed by atoms with E-state index in [0.717, 1.165) is 41.8 Å². The molecule has 1 aliphatic rings. The van der Waals surface area contributed by atoms with Crippen LogP contribution in [0.15, 0.2) is 33.9 Å². The number of para-hydroxylation sites is 2. The molecule has 1 aromatic heterocycles. The van der Waals surface area contributed by atoms with Gasteiger partial charge in [0.05, 0.1) is 6.10 Å². The summed E-state index contributed by atoms with van der Waals surface area (Å²) in [4.78, 5) is 4.43. The van der Waals surface area contributed by atoms with Gasteiger partial charge in [0.15, 0.2) is 5.58 Å². The smallest absolute Gasteiger partial charge is 0.256 e. The van der Waals surface area contributed by atoms with Crippen LogP contribution in [0, 0.1) is 0 Å². The lowest BCUT2D eigenvalue weighted by Gasteiger charge is -2.09. The minimum atomic E-state index is 0.411. The maximum Gasteiger partial charge on any atom is 0.256 e. The van der Waals surface area contributed by atoms with Gasteiger partial charge in [-0.1, -0.05) is 23.9 Å². The van der Waals surface area contributed by atoms with Crippen LogP contribution in [0.3, 0.4) is 0 Å². The minimum absolute atomic E-state index is 0.411. The summed E-state index contributed by atoms with van der Waals surface area (Å²) >= 11 is 1.65. The van der Waals surface area contributed by atoms with Crippen LogP contribution in [0.2, 0.25) is 0 Å². The van der Waals surface area contributed by atoms with E-state index in [-0.39, 0.29) is 0 Å². The number of oxazole rings is 1. The van der Waals surface area contributed by atoms with Crippen LogP contribution in [0.25, 0.3) is 11.1 Å². The highest BCUT2D eigenvalue weighted by molar-refractivity contribution is 7.99. The zero-order valence-corrected chi connectivity index (χ0v) is 11.6. The van der Waals surface area contributed by atoms with Crippen molar-refractivity contribution in [2.45, 2.75) is 24.2 Å². The second-order valence-corrected chi connectivity index (χ2v) is 5.68. The summed E-state index contributed by atoms with van der Waals surface area (Å²) in [5.41, 5.74) is 1.79. The molecule has 19 heavy (non-hydrogen) atoms. The van der Waals surface area contributed by atoms with Crippen LogP contribution in [0.4, 0.5) is 0 Å². The van der Waals surface area contributed by atoms with E-state index in [2.05, 4.69) is 10.3 Å². The van der Waals surface area contributed by atoms with Crippen molar-refractivity contribution in [1.29, 1.82) is 0 Å². The van der Waals surface area contributed by atoms with Crippen molar-refractivity contribution in [3.05, 3.63) is 24.3 Å². The molecule has 0 radical (unpaired) electrons. The number of hydrogen-bond acceptors (Lipinski definition) is 5. The molecule has 1 unspecified atom stereocenters. The van der Waals surface area contributed by atoms with Gasteiger partial charge in [0.25, 0.3) is 5.22 Å². The fraction of sp³-hybridized carbons (Fsp3) is 0.500. The van der Waals surface area contributed by atoms with Crippen LogP contribution in [-0.2, 0) is 4.74 Å². The summed E-state index contributed by atoms with van der Waals surface area (Å²) in [5.74, 6) is 0.958. The van der Waals surface area contributed by atoms with Gasteiger partial charge in [-0.05, 0) is 25.0 Å². The topological polar surface area (TPSA) is 47.3 Å². The second kappa shape index (κ2) is 6.41. The fourth-order valence-electron chi connectivity index (χ4n) is 2.19. The van der Waals surface area contributed by atoms with Crippen LogP contribution in [0.1, 0.15) is 12.8 Å². The molecule has 102 valence electrons. The average Bonchev–Trinajstić information content (AvgIpc) is 3.06. The Hall–Kier alpha value is -1.04. The van der Waals surface area contributed by atoms with E-state index in [1.165, 1.54) is 12.8 Å². The molecule has 1 N–H and O–H groups in total. The molecule has 1 fully saturated rings. The van der Waals surface area contributed by atoms with E-state index in [9.17, 15) is 0 Å². The van der Waals surface area contributed by atoms with Gasteiger partial charge in [-0.25, -0.2) is 4.98 Å². The molecule has 0 saturated carbocycles. The Bertz CT molecular complexity index is 490. The number of fused-ring (bicyclic) bond motifs is 1. The van der Waals surface area contributed by atoms with Gasteiger partial charge in [-0.2, -0.15) is 0 Å². The highest BCUT2D eigenvalue weighted by Gasteiger charge is 2.14. The molecule has 1 atom stereocenters. The molecule has 0 amide bonds. The minimum Gasteiger partial charge on any atom is -0.431 e. The Morgan fingerprint density at radius 1 is 1.37 bits per heavy atom. The maximum absolute atomic E-state index is 5.65. The summed E-state index contributed by atoms with van der Waals surface area (Å²) in [6, 6.07) is 7.86. The third-order valence-corrected chi connectivity index (χ3v) is 4.00. The van der Waals surface area contributed by atoms with Crippen LogP contribution >= 0.6 is 11.8 Å². The molecule has 1 aromatic carbocycles. The SMILES string of the molecule is c1ccc2oc(SCCNCC3CCCO3)nc2c1. The Labute approximate surface area is 116 Å². The molecule has 4 nitrogen and oxygen atoms in total. The van der Waals surface area contributed by atoms with Crippen LogP contribution < -0.4 is 5.32 Å². The quantitative estimate of drug-likeness (QED) is 0.650. The lowest BCUT2D eigenvalue weighted by Crippen LogP contribution is -2.27. The molecule has 1 saturated heterocycles. The normalized spacial score (nSPS) is 19.3. The number of aromatic nitrogens is 1. The van der Waals surface area contributed by atoms with Gasteiger partial charge in [0.2, 0.25) is 0 Å². The van der Waals surface area contributed by atoms with Crippen molar-refractivity contribution < 1.29 is 9.15 Å². The molecule has 2 heterocycles. The van der Waals surface area contributed by atoms with Crippen molar-refractivity contribution in [1.82, 2.24) is 10.3 Å². The van der Waals surface area contributed by atoms with E-state index in [1.807, 2.05) is 24.3 Å². The Morgan fingerprint density at radius 2 is 2.32 bits per heavy atom. The Balaban J connectivity index is 1.39. The number of ether oxygens (including phenoxy) is 1. The summed E-state index contributed by atoms with van der Waals surface area (Å²) < 4.78 is 11.2. The predicted octanol–water partition coefficient (Wildman–Crippen LogP) is 2.69. The summed E-state index contributed by atoms with van der Waals surface area (Å²) in [7, 11) is 0. The van der Waals surface area contributed by atoms with Gasteiger partial charge < -0.3 is 14.5 Å². The van der Waals surface area contributed by atoms with E-state index < -0.39 is 0 Å². The molecule has 1 aliphatic heterocycles. The van der Waals surface area contributed by atoms with Crippen LogP contribution in [-0.4, -0.2) is 36.5 Å². The van der Waals surface area contributed by atoms with E-state index in [1.54, 1.807) is 11.8 Å². The number of benzene rings is 1. The molecule has 5 heteroatoms. The third-order valence-electron chi connectivity index (χ3n) is 3.17. The highest BCUT2D eigenvalue weighted by Crippen LogP contribution is 2.22. The van der Waals surface area contributed by atoms with Crippen molar-refractivity contribution in [3.8, 4) is 0 Å². The molecule has 0 bridgehead atoms. The summed E-state index contributed by atoms with van der Waals surface area (Å²) in [6.07, 6.45) is 2.80. The van der Waals surface area contributed by atoms with E-state index >= 15 is 0 Å². The molecule has 2 aromatic rings. The third kappa shape index (κ3) is 3.49. The maximum atomic E-state index is 5.65. The Kier molecular flexibility index (Phi) is 4.37. The first kappa shape index (κ1) is 13.0. The molecule has 3 rings (SSSR count). The summed E-state index contributed by atoms with van der Waals surface area (Å²) in [5, 5.41) is 4.17. The lowest BCUT2D eigenvalue weighted by molar-refractivity contribution is 0.110. The molecule has 0 spiro atoms. The number of nitrogens with one attached hydrogen (secondary N) is 1. The van der Waals surface area contributed by atoms with Gasteiger partial charge >= 0.3 is 0 Å². The van der Waals surface area contributed by atoms with Crippen molar-refractivity contribution in [2.24, 2.45) is 0 Å². The average molecular weight is 278 g/mol. The largest absolute Gasteiger partial charge is 0.431 e. The fourth-order valence-corrected chi connectivity index (χ4v) is 2.92.